The molecule has 0 spiro atoms. The summed E-state index contributed by atoms with van der Waals surface area (Å²) in [6.07, 6.45) is 1.92. The van der Waals surface area contributed by atoms with Crippen LogP contribution in [0.25, 0.3) is 0 Å². The van der Waals surface area contributed by atoms with Crippen molar-refractivity contribution >= 4 is 18.0 Å². The number of carbonyl (C=O) groups is 3. The molecule has 0 aliphatic rings. The molecule has 0 aliphatic heterocycles. The van der Waals surface area contributed by atoms with Gasteiger partial charge in [0.15, 0.2) is 5.89 Å². The molecule has 256 valence electrons. The highest BCUT2D eigenvalue weighted by atomic mass is 16.6. The Morgan fingerprint density at radius 2 is 1.56 bits per heavy atom. The number of benzene rings is 2. The first-order valence-electron chi connectivity index (χ1n) is 15.9. The second kappa shape index (κ2) is 17.7. The molecule has 2 aromatic heterocycles. The van der Waals surface area contributed by atoms with E-state index in [1.165, 1.54) is 17.4 Å². The van der Waals surface area contributed by atoms with Crippen LogP contribution < -0.4 is 16.0 Å². The Hall–Kier alpha value is -5.17. The lowest BCUT2D eigenvalue weighted by molar-refractivity contribution is -0.123. The van der Waals surface area contributed by atoms with Crippen LogP contribution in [0.3, 0.4) is 0 Å². The summed E-state index contributed by atoms with van der Waals surface area (Å²) < 4.78 is 15.5. The fraction of sp³-hybridized carbons (Fsp3) is 0.400. The number of nitrogens with zero attached hydrogens (tertiary/aromatic N) is 3. The number of amides is 4. The number of alkyl carbamates (subject to hydrolysis) is 1. The number of oxazole rings is 1. The number of aliphatic hydroxyl groups excluding tert-OH is 1. The van der Waals surface area contributed by atoms with Gasteiger partial charge in [-0.05, 0) is 37.3 Å². The summed E-state index contributed by atoms with van der Waals surface area (Å²) in [4.78, 5) is 44.9. The Bertz CT molecular complexity index is 1560. The predicted octanol–water partition coefficient (Wildman–Crippen LogP) is 4.33. The van der Waals surface area contributed by atoms with Crippen LogP contribution >= 0.6 is 0 Å². The molecular weight excluding hydrogens is 616 g/mol. The van der Waals surface area contributed by atoms with Crippen molar-refractivity contribution in [2.75, 3.05) is 7.05 Å². The molecule has 0 radical (unpaired) electrons. The van der Waals surface area contributed by atoms with Crippen molar-refractivity contribution < 1.29 is 33.2 Å². The Morgan fingerprint density at radius 3 is 2.17 bits per heavy atom. The average molecular weight is 661 g/mol. The number of aliphatic hydroxyl groups is 1. The number of nitrogens with one attached hydrogen (secondary N) is 3. The van der Waals surface area contributed by atoms with E-state index in [0.717, 1.165) is 11.1 Å². The van der Waals surface area contributed by atoms with Gasteiger partial charge in [-0.25, -0.2) is 14.6 Å². The van der Waals surface area contributed by atoms with Crippen molar-refractivity contribution in [3.8, 4) is 0 Å². The third-order valence-electron chi connectivity index (χ3n) is 7.65. The van der Waals surface area contributed by atoms with Crippen molar-refractivity contribution in [3.05, 3.63) is 108 Å². The van der Waals surface area contributed by atoms with E-state index in [0.29, 0.717) is 30.1 Å². The predicted molar refractivity (Wildman–Crippen MR) is 177 cm³/mol. The Kier molecular flexibility index (Phi) is 13.1. The SMILES string of the molecule is CC(C)c1nc(CN(C)C(=O)N[C@@H](C)C(=O)N[C@@H](Cc2ccccc2)C[C@H](O)[C@H](Cc2ccccc2)NC(=O)OCc2ccon2)co1. The zero-order chi connectivity index (χ0) is 34.5. The molecule has 4 amide bonds. The van der Waals surface area contributed by atoms with Crippen molar-refractivity contribution in [3.63, 3.8) is 0 Å². The number of ether oxygens (including phenoxy) is 1. The Labute approximate surface area is 280 Å². The quantitative estimate of drug-likeness (QED) is 0.136. The highest BCUT2D eigenvalue weighted by Crippen LogP contribution is 2.16. The molecule has 13 nitrogen and oxygen atoms in total. The average Bonchev–Trinajstić information content (AvgIpc) is 3.77. The number of hydrogen-bond acceptors (Lipinski definition) is 9. The van der Waals surface area contributed by atoms with Gasteiger partial charge in [0, 0.05) is 25.1 Å². The molecule has 0 aliphatic carbocycles. The fourth-order valence-corrected chi connectivity index (χ4v) is 5.01. The number of aromatic nitrogens is 2. The molecule has 2 aromatic carbocycles. The Morgan fingerprint density at radius 1 is 0.896 bits per heavy atom. The summed E-state index contributed by atoms with van der Waals surface area (Å²) in [6, 6.07) is 18.0. The molecule has 4 aromatic rings. The van der Waals surface area contributed by atoms with Crippen molar-refractivity contribution in [2.45, 2.75) is 83.3 Å². The molecular formula is C35H44N6O7. The molecule has 0 bridgehead atoms. The lowest BCUT2D eigenvalue weighted by atomic mass is 9.93. The number of urea groups is 1. The third-order valence-corrected chi connectivity index (χ3v) is 7.65. The molecule has 0 unspecified atom stereocenters. The van der Waals surface area contributed by atoms with Crippen LogP contribution in [-0.2, 0) is 35.5 Å². The monoisotopic (exact) mass is 660 g/mol. The van der Waals surface area contributed by atoms with Crippen molar-refractivity contribution in [2.24, 2.45) is 0 Å². The number of carbonyl (C=O) groups excluding carboxylic acids is 3. The maximum atomic E-state index is 13.4. The lowest BCUT2D eigenvalue weighted by Gasteiger charge is -2.29. The largest absolute Gasteiger partial charge is 0.448 e. The van der Waals surface area contributed by atoms with Crippen molar-refractivity contribution in [1.82, 2.24) is 31.0 Å². The van der Waals surface area contributed by atoms with Crippen LogP contribution in [0.5, 0.6) is 0 Å². The van der Waals surface area contributed by atoms with Crippen LogP contribution in [-0.4, -0.2) is 69.5 Å². The second-order valence-corrected chi connectivity index (χ2v) is 12.1. The molecule has 4 atom stereocenters. The van der Waals surface area contributed by atoms with Gasteiger partial charge in [-0.1, -0.05) is 79.7 Å². The van der Waals surface area contributed by atoms with E-state index in [1.807, 2.05) is 74.5 Å². The summed E-state index contributed by atoms with van der Waals surface area (Å²) in [5.41, 5.74) is 2.89. The summed E-state index contributed by atoms with van der Waals surface area (Å²) in [5, 5.41) is 23.8. The van der Waals surface area contributed by atoms with Gasteiger partial charge >= 0.3 is 12.1 Å². The van der Waals surface area contributed by atoms with Gasteiger partial charge < -0.3 is 39.6 Å². The molecule has 4 N–H and O–H groups in total. The van der Waals surface area contributed by atoms with E-state index in [1.54, 1.807) is 20.0 Å². The summed E-state index contributed by atoms with van der Waals surface area (Å²) in [7, 11) is 1.61. The van der Waals surface area contributed by atoms with E-state index in [2.05, 4.69) is 26.1 Å². The van der Waals surface area contributed by atoms with Crippen LogP contribution in [0.15, 0.2) is 88.2 Å². The lowest BCUT2D eigenvalue weighted by Crippen LogP contribution is -2.53. The summed E-state index contributed by atoms with van der Waals surface area (Å²) in [5.74, 6) is 0.281. The minimum atomic E-state index is -1.08. The summed E-state index contributed by atoms with van der Waals surface area (Å²) >= 11 is 0. The third kappa shape index (κ3) is 11.3. The van der Waals surface area contributed by atoms with Crippen LogP contribution in [0.2, 0.25) is 0 Å². The molecule has 0 saturated carbocycles. The van der Waals surface area contributed by atoms with Gasteiger partial charge in [0.05, 0.1) is 24.4 Å². The van der Waals surface area contributed by atoms with Gasteiger partial charge in [0.2, 0.25) is 5.91 Å². The molecule has 48 heavy (non-hydrogen) atoms. The second-order valence-electron chi connectivity index (χ2n) is 12.1. The van der Waals surface area contributed by atoms with Gasteiger partial charge in [-0.3, -0.25) is 4.79 Å². The number of hydrogen-bond donors (Lipinski definition) is 4. The first-order chi connectivity index (χ1) is 23.1. The van der Waals surface area contributed by atoms with Gasteiger partial charge in [0.1, 0.15) is 30.9 Å². The van der Waals surface area contributed by atoms with Crippen molar-refractivity contribution in [1.29, 1.82) is 0 Å². The van der Waals surface area contributed by atoms with E-state index >= 15 is 0 Å². The standard InChI is InChI=1S/C35H44N6O7/c1-23(2)33-38-29(22-46-33)20-41(4)34(44)36-24(3)32(43)37-28(17-25-11-7-5-8-12-25)19-31(42)30(18-26-13-9-6-10-14-26)39-35(45)47-21-27-15-16-48-40-27/h5-16,22-24,28,30-31,42H,17-21H2,1-4H3,(H,36,44)(H,37,43)(H,39,45)/t24-,28-,30-,31-/m0/s1. The van der Waals surface area contributed by atoms with Gasteiger partial charge in [0.25, 0.3) is 0 Å². The normalized spacial score (nSPS) is 13.6. The molecule has 0 saturated heterocycles. The first-order valence-corrected chi connectivity index (χ1v) is 15.9. The molecule has 13 heteroatoms. The fourth-order valence-electron chi connectivity index (χ4n) is 5.01. The first kappa shape index (κ1) is 35.7. The van der Waals surface area contributed by atoms with E-state index in [-0.39, 0.29) is 25.5 Å². The minimum Gasteiger partial charge on any atom is -0.448 e. The smallest absolute Gasteiger partial charge is 0.407 e. The maximum absolute atomic E-state index is 13.4. The highest BCUT2D eigenvalue weighted by molar-refractivity contribution is 5.86. The van der Waals surface area contributed by atoms with Gasteiger partial charge in [-0.2, -0.15) is 0 Å². The van der Waals surface area contributed by atoms with E-state index in [4.69, 9.17) is 13.7 Å². The maximum Gasteiger partial charge on any atom is 0.407 e. The molecule has 0 fully saturated rings. The van der Waals surface area contributed by atoms with Crippen LogP contribution in [0.1, 0.15) is 61.5 Å². The highest BCUT2D eigenvalue weighted by Gasteiger charge is 2.28. The van der Waals surface area contributed by atoms with E-state index in [9.17, 15) is 19.5 Å². The van der Waals surface area contributed by atoms with Crippen LogP contribution in [0, 0.1) is 0 Å². The Balaban J connectivity index is 1.41. The number of rotatable bonds is 16. The summed E-state index contributed by atoms with van der Waals surface area (Å²) in [6.45, 7) is 5.63. The zero-order valence-electron chi connectivity index (χ0n) is 27.7. The molecule has 2 heterocycles. The molecule has 4 rings (SSSR count). The van der Waals surface area contributed by atoms with E-state index < -0.39 is 42.3 Å². The van der Waals surface area contributed by atoms with Crippen LogP contribution in [0.4, 0.5) is 9.59 Å². The minimum absolute atomic E-state index is 0.0977. The van der Waals surface area contributed by atoms with Gasteiger partial charge in [-0.15, -0.1) is 0 Å². The zero-order valence-corrected chi connectivity index (χ0v) is 27.7. The topological polar surface area (TPSA) is 172 Å².